The highest BCUT2D eigenvalue weighted by molar-refractivity contribution is 5.55. The second-order valence-corrected chi connectivity index (χ2v) is 5.13. The van der Waals surface area contributed by atoms with E-state index in [1.165, 1.54) is 17.7 Å². The molecular formula is C15H24N2O. The maximum atomic E-state index is 6.20. The molecule has 0 spiro atoms. The van der Waals surface area contributed by atoms with Crippen LogP contribution in [-0.4, -0.2) is 26.8 Å². The Labute approximate surface area is 110 Å². The minimum Gasteiger partial charge on any atom is -0.384 e. The molecule has 1 heterocycles. The monoisotopic (exact) mass is 248 g/mol. The number of ether oxygens (including phenoxy) is 1. The van der Waals surface area contributed by atoms with E-state index < -0.39 is 0 Å². The van der Waals surface area contributed by atoms with Gasteiger partial charge in [-0.2, -0.15) is 0 Å². The van der Waals surface area contributed by atoms with Crippen LogP contribution in [0.2, 0.25) is 0 Å². The van der Waals surface area contributed by atoms with Crippen molar-refractivity contribution < 1.29 is 4.74 Å². The zero-order chi connectivity index (χ0) is 13.0. The summed E-state index contributed by atoms with van der Waals surface area (Å²) in [4.78, 5) is 2.45. The third kappa shape index (κ3) is 2.85. The smallest absolute Gasteiger partial charge is 0.0508 e. The molecular weight excluding hydrogens is 224 g/mol. The molecule has 0 bridgehead atoms. The highest BCUT2D eigenvalue weighted by atomic mass is 16.5. The molecule has 100 valence electrons. The van der Waals surface area contributed by atoms with Crippen LogP contribution in [0.1, 0.15) is 31.4 Å². The first kappa shape index (κ1) is 13.4. The van der Waals surface area contributed by atoms with Crippen molar-refractivity contribution in [3.05, 3.63) is 29.8 Å². The van der Waals surface area contributed by atoms with Crippen LogP contribution >= 0.6 is 0 Å². The molecule has 0 saturated carbocycles. The van der Waals surface area contributed by atoms with E-state index in [-0.39, 0.29) is 6.04 Å². The first-order valence-electron chi connectivity index (χ1n) is 6.84. The molecule has 1 unspecified atom stereocenters. The van der Waals surface area contributed by atoms with Crippen molar-refractivity contribution in [3.8, 4) is 0 Å². The molecule has 2 atom stereocenters. The number of nitrogens with zero attached hydrogens (tertiary/aromatic N) is 1. The maximum absolute atomic E-state index is 6.20. The van der Waals surface area contributed by atoms with Gasteiger partial charge in [-0.3, -0.25) is 0 Å². The molecule has 2 rings (SSSR count). The standard InChI is InChI=1S/C15H24N2O/c1-3-14(16)13-6-4-5-7-15(13)17-9-8-12(10-17)11-18-2/h4-7,12,14H,3,8-11,16H2,1-2H3/t12?,14-/m0/s1. The Morgan fingerprint density at radius 1 is 1.44 bits per heavy atom. The lowest BCUT2D eigenvalue weighted by Gasteiger charge is -2.24. The third-order valence-electron chi connectivity index (χ3n) is 3.80. The molecule has 0 radical (unpaired) electrons. The molecule has 0 aliphatic carbocycles. The van der Waals surface area contributed by atoms with Crippen molar-refractivity contribution >= 4 is 5.69 Å². The van der Waals surface area contributed by atoms with Crippen LogP contribution in [0.5, 0.6) is 0 Å². The van der Waals surface area contributed by atoms with Gasteiger partial charge in [0.1, 0.15) is 0 Å². The van der Waals surface area contributed by atoms with Crippen molar-refractivity contribution in [1.29, 1.82) is 0 Å². The van der Waals surface area contributed by atoms with Gasteiger partial charge in [-0.1, -0.05) is 25.1 Å². The van der Waals surface area contributed by atoms with Crippen LogP contribution in [0.15, 0.2) is 24.3 Å². The van der Waals surface area contributed by atoms with Crippen LogP contribution in [-0.2, 0) is 4.74 Å². The first-order chi connectivity index (χ1) is 8.76. The number of hydrogen-bond donors (Lipinski definition) is 1. The van der Waals surface area contributed by atoms with E-state index in [4.69, 9.17) is 10.5 Å². The highest BCUT2D eigenvalue weighted by Gasteiger charge is 2.24. The van der Waals surface area contributed by atoms with Gasteiger partial charge in [0.05, 0.1) is 6.61 Å². The molecule has 2 N–H and O–H groups in total. The Bertz CT molecular complexity index is 381. The number of rotatable bonds is 5. The summed E-state index contributed by atoms with van der Waals surface area (Å²) in [6.45, 7) is 5.19. The molecule has 1 aliphatic rings. The number of methoxy groups -OCH3 is 1. The summed E-state index contributed by atoms with van der Waals surface area (Å²) >= 11 is 0. The maximum Gasteiger partial charge on any atom is 0.0508 e. The van der Waals surface area contributed by atoms with Crippen molar-refractivity contribution in [3.63, 3.8) is 0 Å². The number of anilines is 1. The highest BCUT2D eigenvalue weighted by Crippen LogP contribution is 2.30. The van der Waals surface area contributed by atoms with E-state index in [1.54, 1.807) is 7.11 Å². The summed E-state index contributed by atoms with van der Waals surface area (Å²) in [5.41, 5.74) is 8.79. The van der Waals surface area contributed by atoms with E-state index >= 15 is 0 Å². The Balaban J connectivity index is 2.14. The van der Waals surface area contributed by atoms with Crippen molar-refractivity contribution in [2.45, 2.75) is 25.8 Å². The molecule has 1 aliphatic heterocycles. The molecule has 18 heavy (non-hydrogen) atoms. The number of benzene rings is 1. The van der Waals surface area contributed by atoms with Crippen molar-refractivity contribution in [2.75, 3.05) is 31.7 Å². The van der Waals surface area contributed by atoms with Crippen LogP contribution < -0.4 is 10.6 Å². The van der Waals surface area contributed by atoms with Gasteiger partial charge in [0.25, 0.3) is 0 Å². The first-order valence-corrected chi connectivity index (χ1v) is 6.84. The van der Waals surface area contributed by atoms with Gasteiger partial charge in [0, 0.05) is 37.8 Å². The zero-order valence-corrected chi connectivity index (χ0v) is 11.4. The number of para-hydroxylation sites is 1. The lowest BCUT2D eigenvalue weighted by Crippen LogP contribution is -2.24. The molecule has 3 nitrogen and oxygen atoms in total. The molecule has 1 fully saturated rings. The Morgan fingerprint density at radius 3 is 2.94 bits per heavy atom. The predicted octanol–water partition coefficient (Wildman–Crippen LogP) is 2.57. The van der Waals surface area contributed by atoms with Crippen LogP contribution in [0.3, 0.4) is 0 Å². The summed E-state index contributed by atoms with van der Waals surface area (Å²) in [7, 11) is 1.78. The van der Waals surface area contributed by atoms with E-state index in [9.17, 15) is 0 Å². The quantitative estimate of drug-likeness (QED) is 0.870. The second kappa shape index (κ2) is 6.21. The van der Waals surface area contributed by atoms with Gasteiger partial charge in [-0.25, -0.2) is 0 Å². The predicted molar refractivity (Wildman–Crippen MR) is 75.9 cm³/mol. The average molecular weight is 248 g/mol. The zero-order valence-electron chi connectivity index (χ0n) is 11.4. The fourth-order valence-corrected chi connectivity index (χ4v) is 2.73. The van der Waals surface area contributed by atoms with Gasteiger partial charge in [0.2, 0.25) is 0 Å². The van der Waals surface area contributed by atoms with E-state index in [1.807, 2.05) is 0 Å². The van der Waals surface area contributed by atoms with Gasteiger partial charge in [-0.15, -0.1) is 0 Å². The van der Waals surface area contributed by atoms with Gasteiger partial charge < -0.3 is 15.4 Å². The summed E-state index contributed by atoms with van der Waals surface area (Å²) in [6, 6.07) is 8.68. The average Bonchev–Trinajstić information content (AvgIpc) is 2.87. The van der Waals surface area contributed by atoms with Crippen molar-refractivity contribution in [1.82, 2.24) is 0 Å². The number of hydrogen-bond acceptors (Lipinski definition) is 3. The Hall–Kier alpha value is -1.06. The van der Waals surface area contributed by atoms with Crippen LogP contribution in [0.25, 0.3) is 0 Å². The summed E-state index contributed by atoms with van der Waals surface area (Å²) < 4.78 is 5.26. The minimum absolute atomic E-state index is 0.141. The van der Waals surface area contributed by atoms with E-state index in [2.05, 4.69) is 36.1 Å². The number of nitrogens with two attached hydrogens (primary N) is 1. The molecule has 1 saturated heterocycles. The normalized spacial score (nSPS) is 21.3. The fraction of sp³-hybridized carbons (Fsp3) is 0.600. The van der Waals surface area contributed by atoms with Crippen LogP contribution in [0.4, 0.5) is 5.69 Å². The van der Waals surface area contributed by atoms with Crippen molar-refractivity contribution in [2.24, 2.45) is 11.7 Å². The lowest BCUT2D eigenvalue weighted by atomic mass is 10.0. The summed E-state index contributed by atoms with van der Waals surface area (Å²) in [5, 5.41) is 0. The molecule has 1 aromatic rings. The third-order valence-corrected chi connectivity index (χ3v) is 3.80. The van der Waals surface area contributed by atoms with Gasteiger partial charge >= 0.3 is 0 Å². The minimum atomic E-state index is 0.141. The Morgan fingerprint density at radius 2 is 2.22 bits per heavy atom. The van der Waals surface area contributed by atoms with Gasteiger partial charge in [0.15, 0.2) is 0 Å². The second-order valence-electron chi connectivity index (χ2n) is 5.13. The largest absolute Gasteiger partial charge is 0.384 e. The molecule has 0 amide bonds. The molecule has 3 heteroatoms. The lowest BCUT2D eigenvalue weighted by molar-refractivity contribution is 0.161. The fourth-order valence-electron chi connectivity index (χ4n) is 2.73. The summed E-state index contributed by atoms with van der Waals surface area (Å²) in [5.74, 6) is 0.654. The molecule has 0 aromatic heterocycles. The molecule has 1 aromatic carbocycles. The SMILES string of the molecule is CC[C@H](N)c1ccccc1N1CCC(COC)C1. The Kier molecular flexibility index (Phi) is 4.61. The van der Waals surface area contributed by atoms with E-state index in [0.29, 0.717) is 5.92 Å². The van der Waals surface area contributed by atoms with E-state index in [0.717, 1.165) is 26.1 Å². The van der Waals surface area contributed by atoms with Gasteiger partial charge in [-0.05, 0) is 24.5 Å². The summed E-state index contributed by atoms with van der Waals surface area (Å²) in [6.07, 6.45) is 2.19. The topological polar surface area (TPSA) is 38.5 Å². The van der Waals surface area contributed by atoms with Crippen LogP contribution in [0, 0.1) is 5.92 Å².